The lowest BCUT2D eigenvalue weighted by Gasteiger charge is -2.30. The van der Waals surface area contributed by atoms with Gasteiger partial charge in [-0.2, -0.15) is 0 Å². The van der Waals surface area contributed by atoms with Gasteiger partial charge in [0.25, 0.3) is 0 Å². The number of nitrogens with one attached hydrogen (secondary N) is 1. The summed E-state index contributed by atoms with van der Waals surface area (Å²) in [5.41, 5.74) is 0.958. The van der Waals surface area contributed by atoms with E-state index in [1.807, 2.05) is 0 Å². The third-order valence-electron chi connectivity index (χ3n) is 4.11. The molecule has 0 aliphatic heterocycles. The molecular weight excluding hydrogens is 407 g/mol. The summed E-state index contributed by atoms with van der Waals surface area (Å²) < 4.78 is 44.3. The molecule has 1 N–H and O–H groups in total. The molecule has 0 heterocycles. The average Bonchev–Trinajstić information content (AvgIpc) is 2.66. The van der Waals surface area contributed by atoms with E-state index in [0.717, 1.165) is 22.2 Å². The Morgan fingerprint density at radius 2 is 1.89 bits per heavy atom. The highest BCUT2D eigenvalue weighted by molar-refractivity contribution is 7.92. The number of sulfonamides is 1. The number of carbonyl (C=O) groups is 1. The number of hydrogen-bond acceptors (Lipinski definition) is 4. The Morgan fingerprint density at radius 3 is 2.39 bits per heavy atom. The van der Waals surface area contributed by atoms with E-state index >= 15 is 0 Å². The highest BCUT2D eigenvalue weighted by atomic mass is 35.5. The lowest BCUT2D eigenvalue weighted by molar-refractivity contribution is -0.122. The molecule has 1 amide bonds. The maximum Gasteiger partial charge on any atom is 0.244 e. The van der Waals surface area contributed by atoms with Gasteiger partial charge in [0.15, 0.2) is 0 Å². The second-order valence-electron chi connectivity index (χ2n) is 6.15. The number of nitrogens with zero attached hydrogens (tertiary/aromatic N) is 1. The maximum atomic E-state index is 13.5. The summed E-state index contributed by atoms with van der Waals surface area (Å²) >= 11 is 5.79. The van der Waals surface area contributed by atoms with Crippen molar-refractivity contribution in [1.29, 1.82) is 0 Å². The van der Waals surface area contributed by atoms with Crippen molar-refractivity contribution < 1.29 is 22.3 Å². The van der Waals surface area contributed by atoms with E-state index in [4.69, 9.17) is 16.3 Å². The number of amides is 1. The molecule has 6 nitrogen and oxygen atoms in total. The first-order valence-electron chi connectivity index (χ1n) is 8.52. The van der Waals surface area contributed by atoms with Crippen LogP contribution in [0.15, 0.2) is 42.5 Å². The second kappa shape index (κ2) is 9.25. The number of anilines is 1. The molecule has 2 rings (SSSR count). The van der Waals surface area contributed by atoms with Crippen LogP contribution < -0.4 is 14.4 Å². The number of ether oxygens (including phenoxy) is 1. The van der Waals surface area contributed by atoms with Crippen molar-refractivity contribution >= 4 is 33.2 Å². The Kier molecular flexibility index (Phi) is 7.26. The fraction of sp³-hybridized carbons (Fsp3) is 0.316. The van der Waals surface area contributed by atoms with Crippen molar-refractivity contribution in [3.8, 4) is 5.75 Å². The van der Waals surface area contributed by atoms with Crippen molar-refractivity contribution in [3.05, 3.63) is 58.9 Å². The van der Waals surface area contributed by atoms with Gasteiger partial charge in [-0.15, -0.1) is 0 Å². The quantitative estimate of drug-likeness (QED) is 0.699. The van der Waals surface area contributed by atoms with Crippen LogP contribution in [0.5, 0.6) is 5.75 Å². The fourth-order valence-corrected chi connectivity index (χ4v) is 4.11. The number of carbonyl (C=O) groups excluding carboxylic acids is 1. The summed E-state index contributed by atoms with van der Waals surface area (Å²) in [5, 5.41) is 2.52. The molecule has 0 saturated carbocycles. The van der Waals surface area contributed by atoms with Crippen molar-refractivity contribution in [2.75, 3.05) is 17.7 Å². The molecule has 0 aliphatic rings. The van der Waals surface area contributed by atoms with Crippen LogP contribution in [0.25, 0.3) is 0 Å². The largest absolute Gasteiger partial charge is 0.497 e. The molecule has 0 spiro atoms. The fourth-order valence-electron chi connectivity index (χ4n) is 2.73. The van der Waals surface area contributed by atoms with Gasteiger partial charge in [0, 0.05) is 6.54 Å². The van der Waals surface area contributed by atoms with Crippen molar-refractivity contribution in [3.63, 3.8) is 0 Å². The summed E-state index contributed by atoms with van der Waals surface area (Å²) in [7, 11) is -2.26. The van der Waals surface area contributed by atoms with Crippen molar-refractivity contribution in [2.24, 2.45) is 0 Å². The van der Waals surface area contributed by atoms with E-state index in [1.165, 1.54) is 12.1 Å². The highest BCUT2D eigenvalue weighted by Crippen LogP contribution is 2.27. The van der Waals surface area contributed by atoms with Crippen LogP contribution in [0.3, 0.4) is 0 Å². The van der Waals surface area contributed by atoms with Crippen molar-refractivity contribution in [2.45, 2.75) is 25.9 Å². The molecule has 2 aromatic rings. The van der Waals surface area contributed by atoms with Gasteiger partial charge in [-0.25, -0.2) is 12.8 Å². The third-order valence-corrected chi connectivity index (χ3v) is 5.58. The number of rotatable bonds is 8. The molecule has 152 valence electrons. The SMILES string of the molecule is CCC(C(=O)NCc1ccc(OC)cc1)N(c1ccc(F)c(Cl)c1)S(C)(=O)=O. The Morgan fingerprint density at radius 1 is 1.25 bits per heavy atom. The van der Waals surface area contributed by atoms with Crippen molar-refractivity contribution in [1.82, 2.24) is 5.32 Å². The zero-order valence-electron chi connectivity index (χ0n) is 15.8. The molecule has 1 unspecified atom stereocenters. The lowest BCUT2D eigenvalue weighted by Crippen LogP contribution is -2.49. The monoisotopic (exact) mass is 428 g/mol. The number of benzene rings is 2. The molecule has 0 aromatic heterocycles. The van der Waals surface area contributed by atoms with Crippen LogP contribution in [0.2, 0.25) is 5.02 Å². The average molecular weight is 429 g/mol. The van der Waals surface area contributed by atoms with Gasteiger partial charge in [0.1, 0.15) is 17.6 Å². The summed E-state index contributed by atoms with van der Waals surface area (Å²) in [6, 6.07) is 9.67. The molecular formula is C19H22ClFN2O4S. The minimum atomic E-state index is -3.82. The van der Waals surface area contributed by atoms with Gasteiger partial charge in [-0.05, 0) is 42.3 Å². The summed E-state index contributed by atoms with van der Waals surface area (Å²) in [5.74, 6) is -0.446. The van der Waals surface area contributed by atoms with E-state index in [2.05, 4.69) is 5.32 Å². The molecule has 9 heteroatoms. The summed E-state index contributed by atoms with van der Waals surface area (Å²) in [4.78, 5) is 12.7. The Balaban J connectivity index is 2.24. The Bertz CT molecular complexity index is 935. The van der Waals surface area contributed by atoms with E-state index in [0.29, 0.717) is 5.75 Å². The van der Waals surface area contributed by atoms with Crippen LogP contribution in [0.1, 0.15) is 18.9 Å². The van der Waals surface area contributed by atoms with E-state index in [-0.39, 0.29) is 23.7 Å². The van der Waals surface area contributed by atoms with Crippen LogP contribution in [-0.4, -0.2) is 33.7 Å². The molecule has 0 bridgehead atoms. The molecule has 0 radical (unpaired) electrons. The molecule has 0 saturated heterocycles. The minimum absolute atomic E-state index is 0.125. The lowest BCUT2D eigenvalue weighted by atomic mass is 10.1. The van der Waals surface area contributed by atoms with Gasteiger partial charge in [-0.1, -0.05) is 30.7 Å². The number of halogens is 2. The van der Waals surface area contributed by atoms with Gasteiger partial charge in [-0.3, -0.25) is 9.10 Å². The third kappa shape index (κ3) is 5.36. The first-order valence-corrected chi connectivity index (χ1v) is 10.7. The number of hydrogen-bond donors (Lipinski definition) is 1. The second-order valence-corrected chi connectivity index (χ2v) is 8.41. The van der Waals surface area contributed by atoms with E-state index in [1.54, 1.807) is 38.3 Å². The van der Waals surface area contributed by atoms with Crippen LogP contribution in [0.4, 0.5) is 10.1 Å². The zero-order chi connectivity index (χ0) is 20.9. The predicted molar refractivity (Wildman–Crippen MR) is 108 cm³/mol. The van der Waals surface area contributed by atoms with Gasteiger partial charge in [0.05, 0.1) is 24.1 Å². The van der Waals surface area contributed by atoms with Crippen LogP contribution >= 0.6 is 11.6 Å². The Labute approximate surface area is 169 Å². The van der Waals surface area contributed by atoms with E-state index < -0.39 is 27.8 Å². The first kappa shape index (κ1) is 22.0. The zero-order valence-corrected chi connectivity index (χ0v) is 17.3. The summed E-state index contributed by atoms with van der Waals surface area (Å²) in [6.07, 6.45) is 1.21. The van der Waals surface area contributed by atoms with Gasteiger partial charge >= 0.3 is 0 Å². The molecule has 0 fully saturated rings. The molecule has 1 atom stereocenters. The number of methoxy groups -OCH3 is 1. The summed E-state index contributed by atoms with van der Waals surface area (Å²) in [6.45, 7) is 1.92. The van der Waals surface area contributed by atoms with Crippen LogP contribution in [0, 0.1) is 5.82 Å². The molecule has 0 aliphatic carbocycles. The molecule has 28 heavy (non-hydrogen) atoms. The van der Waals surface area contributed by atoms with Gasteiger partial charge < -0.3 is 10.1 Å². The first-order chi connectivity index (χ1) is 13.2. The minimum Gasteiger partial charge on any atom is -0.497 e. The standard InChI is InChI=1S/C19H22ClFN2O4S/c1-4-18(19(24)22-12-13-5-8-15(27-2)9-6-13)23(28(3,25)26)14-7-10-17(21)16(20)11-14/h5-11,18H,4,12H2,1-3H3,(H,22,24). The van der Waals surface area contributed by atoms with Gasteiger partial charge in [0.2, 0.25) is 15.9 Å². The highest BCUT2D eigenvalue weighted by Gasteiger charge is 2.31. The van der Waals surface area contributed by atoms with Crippen LogP contribution in [-0.2, 0) is 21.4 Å². The smallest absolute Gasteiger partial charge is 0.244 e. The normalized spacial score (nSPS) is 12.3. The predicted octanol–water partition coefficient (Wildman–Crippen LogP) is 3.35. The van der Waals surface area contributed by atoms with E-state index in [9.17, 15) is 17.6 Å². The Hall–Kier alpha value is -2.32. The topological polar surface area (TPSA) is 75.7 Å². The molecule has 2 aromatic carbocycles. The maximum absolute atomic E-state index is 13.5.